The Balaban J connectivity index is 1.88. The highest BCUT2D eigenvalue weighted by molar-refractivity contribution is 7.18. The topological polar surface area (TPSA) is 85.1 Å². The van der Waals surface area contributed by atoms with Gasteiger partial charge in [0.2, 0.25) is 0 Å². The van der Waals surface area contributed by atoms with Crippen molar-refractivity contribution in [1.82, 2.24) is 14.8 Å². The molecule has 0 spiro atoms. The van der Waals surface area contributed by atoms with Crippen molar-refractivity contribution >= 4 is 38.3 Å². The summed E-state index contributed by atoms with van der Waals surface area (Å²) >= 11 is 0.999. The van der Waals surface area contributed by atoms with Crippen molar-refractivity contribution in [2.45, 2.75) is 25.8 Å². The number of carboxylic acids is 1. The molecule has 0 bridgehead atoms. The van der Waals surface area contributed by atoms with Crippen LogP contribution in [0.15, 0.2) is 41.2 Å². The third-order valence-corrected chi connectivity index (χ3v) is 5.74. The number of nitrogens with zero attached hydrogens (tertiary/aromatic N) is 3. The molecule has 0 radical (unpaired) electrons. The van der Waals surface area contributed by atoms with E-state index in [9.17, 15) is 23.5 Å². The molecule has 2 heterocycles. The van der Waals surface area contributed by atoms with Crippen LogP contribution in [0.3, 0.4) is 0 Å². The van der Waals surface area contributed by atoms with E-state index in [0.29, 0.717) is 22.2 Å². The SMILES string of the molecule is CCC(C(=O)O)c1nn(Cc2nc3cc(F)cc(F)c3s2)c(=O)c2ccccc12. The van der Waals surface area contributed by atoms with Crippen LogP contribution in [0.4, 0.5) is 8.78 Å². The minimum Gasteiger partial charge on any atom is -0.481 e. The highest BCUT2D eigenvalue weighted by Crippen LogP contribution is 2.28. The number of carbonyl (C=O) groups is 1. The minimum absolute atomic E-state index is 0.0763. The summed E-state index contributed by atoms with van der Waals surface area (Å²) in [5.41, 5.74) is 0.0394. The van der Waals surface area contributed by atoms with Crippen LogP contribution in [0.1, 0.15) is 30.0 Å². The zero-order chi connectivity index (χ0) is 20.7. The Bertz CT molecular complexity index is 1320. The fourth-order valence-electron chi connectivity index (χ4n) is 3.31. The quantitative estimate of drug-likeness (QED) is 0.534. The number of hydrogen-bond donors (Lipinski definition) is 1. The molecule has 0 fully saturated rings. The summed E-state index contributed by atoms with van der Waals surface area (Å²) in [7, 11) is 0. The van der Waals surface area contributed by atoms with E-state index in [1.807, 2.05) is 0 Å². The predicted molar refractivity (Wildman–Crippen MR) is 105 cm³/mol. The normalized spacial score (nSPS) is 12.5. The van der Waals surface area contributed by atoms with Crippen molar-refractivity contribution < 1.29 is 18.7 Å². The summed E-state index contributed by atoms with van der Waals surface area (Å²) in [5, 5.41) is 15.1. The molecule has 2 aromatic carbocycles. The Kier molecular flexibility index (Phi) is 4.83. The van der Waals surface area contributed by atoms with Crippen LogP contribution in [0.2, 0.25) is 0 Å². The molecule has 6 nitrogen and oxygen atoms in total. The van der Waals surface area contributed by atoms with Crippen molar-refractivity contribution in [3.63, 3.8) is 0 Å². The lowest BCUT2D eigenvalue weighted by molar-refractivity contribution is -0.138. The lowest BCUT2D eigenvalue weighted by Crippen LogP contribution is -2.27. The Morgan fingerprint density at radius 1 is 1.24 bits per heavy atom. The van der Waals surface area contributed by atoms with Gasteiger partial charge in [-0.05, 0) is 12.5 Å². The number of rotatable bonds is 5. The molecule has 0 aliphatic carbocycles. The van der Waals surface area contributed by atoms with Crippen LogP contribution in [-0.4, -0.2) is 25.8 Å². The largest absolute Gasteiger partial charge is 0.481 e. The van der Waals surface area contributed by atoms with Crippen molar-refractivity contribution in [2.75, 3.05) is 0 Å². The smallest absolute Gasteiger partial charge is 0.312 e. The molecule has 0 saturated heterocycles. The third kappa shape index (κ3) is 3.38. The van der Waals surface area contributed by atoms with Gasteiger partial charge >= 0.3 is 5.97 Å². The second-order valence-electron chi connectivity index (χ2n) is 6.54. The van der Waals surface area contributed by atoms with Crippen molar-refractivity contribution in [2.24, 2.45) is 0 Å². The highest BCUT2D eigenvalue weighted by Gasteiger charge is 2.24. The first-order valence-electron chi connectivity index (χ1n) is 8.86. The van der Waals surface area contributed by atoms with E-state index >= 15 is 0 Å². The zero-order valence-electron chi connectivity index (χ0n) is 15.2. The number of fused-ring (bicyclic) bond motifs is 2. The van der Waals surface area contributed by atoms with Crippen molar-refractivity contribution in [3.8, 4) is 0 Å². The standard InChI is InChI=1S/C20H15F2N3O3S/c1-2-11(20(27)28)17-12-5-3-4-6-13(12)19(26)25(24-17)9-16-23-15-8-10(21)7-14(22)18(15)29-16/h3-8,11H,2,9H2,1H3,(H,27,28). The summed E-state index contributed by atoms with van der Waals surface area (Å²) in [6.07, 6.45) is 0.302. The van der Waals surface area contributed by atoms with Gasteiger partial charge in [-0.15, -0.1) is 11.3 Å². The molecule has 148 valence electrons. The molecule has 29 heavy (non-hydrogen) atoms. The number of thiazole rings is 1. The Hall–Kier alpha value is -3.20. The molecule has 9 heteroatoms. The molecular formula is C20H15F2N3O3S. The fourth-order valence-corrected chi connectivity index (χ4v) is 4.24. The van der Waals surface area contributed by atoms with Crippen molar-refractivity contribution in [1.29, 1.82) is 0 Å². The van der Waals surface area contributed by atoms with Gasteiger partial charge in [-0.2, -0.15) is 5.10 Å². The molecule has 0 saturated carbocycles. The van der Waals surface area contributed by atoms with E-state index < -0.39 is 29.1 Å². The number of hydrogen-bond acceptors (Lipinski definition) is 5. The van der Waals surface area contributed by atoms with Gasteiger partial charge in [-0.3, -0.25) is 9.59 Å². The van der Waals surface area contributed by atoms with Gasteiger partial charge in [0.15, 0.2) is 0 Å². The average Bonchev–Trinajstić information content (AvgIpc) is 3.08. The molecule has 2 aromatic heterocycles. The van der Waals surface area contributed by atoms with E-state index in [0.717, 1.165) is 28.2 Å². The lowest BCUT2D eigenvalue weighted by Gasteiger charge is -2.14. The molecule has 0 aliphatic rings. The minimum atomic E-state index is -1.03. The maximum atomic E-state index is 14.0. The lowest BCUT2D eigenvalue weighted by atomic mass is 9.97. The maximum Gasteiger partial charge on any atom is 0.312 e. The van der Waals surface area contributed by atoms with Crippen LogP contribution in [0, 0.1) is 11.6 Å². The first-order chi connectivity index (χ1) is 13.9. The van der Waals surface area contributed by atoms with Crippen LogP contribution >= 0.6 is 11.3 Å². The summed E-state index contributed by atoms with van der Waals surface area (Å²) < 4.78 is 28.7. The molecule has 1 N–H and O–H groups in total. The van der Waals surface area contributed by atoms with E-state index in [1.165, 1.54) is 0 Å². The molecule has 1 atom stereocenters. The summed E-state index contributed by atoms with van der Waals surface area (Å²) in [6, 6.07) is 8.60. The number of carboxylic acid groups (broad SMARTS) is 1. The molecule has 4 aromatic rings. The second kappa shape index (κ2) is 7.32. The highest BCUT2D eigenvalue weighted by atomic mass is 32.1. The summed E-state index contributed by atoms with van der Waals surface area (Å²) in [6.45, 7) is 1.66. The van der Waals surface area contributed by atoms with E-state index in [-0.39, 0.29) is 22.5 Å². The van der Waals surface area contributed by atoms with Crippen molar-refractivity contribution in [3.05, 3.63) is 69.1 Å². The Morgan fingerprint density at radius 3 is 2.66 bits per heavy atom. The average molecular weight is 415 g/mol. The summed E-state index contributed by atoms with van der Waals surface area (Å²) in [5.74, 6) is -3.37. The fraction of sp³-hybridized carbons (Fsp3) is 0.200. The molecule has 4 rings (SSSR count). The first kappa shape index (κ1) is 19.1. The van der Waals surface area contributed by atoms with Crippen LogP contribution in [0.5, 0.6) is 0 Å². The molecule has 0 aliphatic heterocycles. The predicted octanol–water partition coefficient (Wildman–Crippen LogP) is 3.91. The molecule has 0 amide bonds. The zero-order valence-corrected chi connectivity index (χ0v) is 16.0. The number of aliphatic carboxylic acids is 1. The van der Waals surface area contributed by atoms with Gasteiger partial charge in [-0.25, -0.2) is 18.4 Å². The van der Waals surface area contributed by atoms with Gasteiger partial charge in [0.05, 0.1) is 27.8 Å². The number of halogens is 2. The van der Waals surface area contributed by atoms with Gasteiger partial charge in [0.1, 0.15) is 22.6 Å². The maximum absolute atomic E-state index is 14.0. The van der Waals surface area contributed by atoms with E-state index in [2.05, 4.69) is 10.1 Å². The van der Waals surface area contributed by atoms with Gasteiger partial charge < -0.3 is 5.11 Å². The van der Waals surface area contributed by atoms with Gasteiger partial charge in [-0.1, -0.05) is 25.1 Å². The molecular weight excluding hydrogens is 400 g/mol. The monoisotopic (exact) mass is 415 g/mol. The van der Waals surface area contributed by atoms with Gasteiger partial charge in [0.25, 0.3) is 5.56 Å². The Labute approximate surface area is 167 Å². The first-order valence-corrected chi connectivity index (χ1v) is 9.67. The number of benzene rings is 2. The van der Waals surface area contributed by atoms with Gasteiger partial charge in [0, 0.05) is 17.5 Å². The van der Waals surface area contributed by atoms with Crippen LogP contribution in [0.25, 0.3) is 21.0 Å². The van der Waals surface area contributed by atoms with Crippen LogP contribution in [-0.2, 0) is 11.3 Å². The third-order valence-electron chi connectivity index (χ3n) is 4.67. The van der Waals surface area contributed by atoms with Crippen LogP contribution < -0.4 is 5.56 Å². The van der Waals surface area contributed by atoms with E-state index in [1.54, 1.807) is 31.2 Å². The molecule has 1 unspecified atom stereocenters. The number of aromatic nitrogens is 3. The van der Waals surface area contributed by atoms with E-state index in [4.69, 9.17) is 0 Å². The second-order valence-corrected chi connectivity index (χ2v) is 7.62. The summed E-state index contributed by atoms with van der Waals surface area (Å²) in [4.78, 5) is 28.8. The Morgan fingerprint density at radius 2 is 1.97 bits per heavy atom.